The van der Waals surface area contributed by atoms with Crippen molar-refractivity contribution in [2.75, 3.05) is 4.90 Å². The van der Waals surface area contributed by atoms with Crippen LogP contribution in [0.15, 0.2) is 192 Å². The van der Waals surface area contributed by atoms with Gasteiger partial charge in [-0.15, -0.1) is 0 Å². The molecule has 2 aliphatic carbocycles. The normalized spacial score (nSPS) is 14.5. The van der Waals surface area contributed by atoms with Crippen LogP contribution in [0.2, 0.25) is 0 Å². The molecular formula is C53H40N2O. The number of anilines is 3. The van der Waals surface area contributed by atoms with E-state index in [0.29, 0.717) is 0 Å². The molecule has 0 saturated carbocycles. The van der Waals surface area contributed by atoms with Gasteiger partial charge in [0.2, 0.25) is 0 Å². The molecule has 2 heterocycles. The van der Waals surface area contributed by atoms with Gasteiger partial charge in [-0.2, -0.15) is 0 Å². The Morgan fingerprint density at radius 1 is 0.571 bits per heavy atom. The van der Waals surface area contributed by atoms with Crippen molar-refractivity contribution >= 4 is 55.4 Å². The van der Waals surface area contributed by atoms with E-state index in [-0.39, 0.29) is 5.41 Å². The molecule has 9 aromatic rings. The van der Waals surface area contributed by atoms with Gasteiger partial charge in [-0.3, -0.25) is 0 Å². The maximum Gasteiger partial charge on any atom is 0.135 e. The number of nitrogens with zero attached hydrogens (tertiary/aromatic N) is 2. The highest BCUT2D eigenvalue weighted by Crippen LogP contribution is 2.52. The summed E-state index contributed by atoms with van der Waals surface area (Å²) in [5.74, 6) is 0.876. The third kappa shape index (κ3) is 5.12. The van der Waals surface area contributed by atoms with Gasteiger partial charge in [0.25, 0.3) is 0 Å². The Hall–Kier alpha value is -6.84. The Morgan fingerprint density at radius 2 is 1.25 bits per heavy atom. The van der Waals surface area contributed by atoms with Crippen molar-refractivity contribution in [2.45, 2.75) is 32.1 Å². The summed E-state index contributed by atoms with van der Waals surface area (Å²) in [4.78, 5) is 2.40. The van der Waals surface area contributed by atoms with E-state index in [4.69, 9.17) is 4.42 Å². The predicted molar refractivity (Wildman–Crippen MR) is 234 cm³/mol. The number of para-hydroxylation sites is 3. The zero-order valence-corrected chi connectivity index (χ0v) is 31.5. The second-order valence-corrected chi connectivity index (χ2v) is 15.7. The van der Waals surface area contributed by atoms with Crippen LogP contribution < -0.4 is 4.90 Å². The molecule has 2 aromatic heterocycles. The highest BCUT2D eigenvalue weighted by atomic mass is 16.3. The lowest BCUT2D eigenvalue weighted by Crippen LogP contribution is -2.18. The summed E-state index contributed by atoms with van der Waals surface area (Å²) in [6.45, 7) is 4.79. The smallest absolute Gasteiger partial charge is 0.135 e. The Bertz CT molecular complexity index is 3000. The van der Waals surface area contributed by atoms with Crippen molar-refractivity contribution < 1.29 is 4.42 Å². The molecule has 0 saturated heterocycles. The van der Waals surface area contributed by atoms with Crippen molar-refractivity contribution in [3.8, 4) is 28.1 Å². The highest BCUT2D eigenvalue weighted by Gasteiger charge is 2.37. The minimum Gasteiger partial charge on any atom is -0.456 e. The fourth-order valence-corrected chi connectivity index (χ4v) is 9.31. The molecule has 0 fully saturated rings. The topological polar surface area (TPSA) is 21.3 Å². The van der Waals surface area contributed by atoms with E-state index in [1.54, 1.807) is 5.57 Å². The van der Waals surface area contributed by atoms with Gasteiger partial charge in [0.1, 0.15) is 11.3 Å². The number of benzene rings is 7. The quantitative estimate of drug-likeness (QED) is 0.171. The van der Waals surface area contributed by atoms with Gasteiger partial charge in [-0.1, -0.05) is 110 Å². The van der Waals surface area contributed by atoms with Gasteiger partial charge in [0, 0.05) is 49.9 Å². The molecule has 0 spiro atoms. The number of allylic oxidation sites excluding steroid dienone is 4. The van der Waals surface area contributed by atoms with Gasteiger partial charge in [0.05, 0.1) is 11.0 Å². The van der Waals surface area contributed by atoms with Crippen LogP contribution in [0.4, 0.5) is 17.1 Å². The number of fused-ring (bicyclic) bond motifs is 6. The van der Waals surface area contributed by atoms with Crippen LogP contribution in [0, 0.1) is 0 Å². The van der Waals surface area contributed by atoms with Gasteiger partial charge in [0.15, 0.2) is 0 Å². The number of furan rings is 1. The molecule has 3 heteroatoms. The van der Waals surface area contributed by atoms with E-state index >= 15 is 0 Å². The largest absolute Gasteiger partial charge is 0.456 e. The van der Waals surface area contributed by atoms with Crippen LogP contribution in [0.5, 0.6) is 0 Å². The first-order valence-corrected chi connectivity index (χ1v) is 19.6. The van der Waals surface area contributed by atoms with Gasteiger partial charge in [-0.25, -0.2) is 0 Å². The Morgan fingerprint density at radius 3 is 2.05 bits per heavy atom. The van der Waals surface area contributed by atoms with Crippen LogP contribution in [-0.2, 0) is 5.41 Å². The van der Waals surface area contributed by atoms with Crippen molar-refractivity contribution in [1.82, 2.24) is 4.57 Å². The fraction of sp³-hybridized carbons (Fsp3) is 0.0943. The molecule has 11 rings (SSSR count). The van der Waals surface area contributed by atoms with Crippen molar-refractivity contribution in [3.05, 3.63) is 199 Å². The Labute approximate surface area is 327 Å². The fourth-order valence-electron chi connectivity index (χ4n) is 9.31. The zero-order chi connectivity index (χ0) is 37.4. The first kappa shape index (κ1) is 32.6. The van der Waals surface area contributed by atoms with Gasteiger partial charge < -0.3 is 13.9 Å². The molecule has 0 N–H and O–H groups in total. The summed E-state index contributed by atoms with van der Waals surface area (Å²) in [6.07, 6.45) is 6.90. The molecular weight excluding hydrogens is 681 g/mol. The van der Waals surface area contributed by atoms with Crippen LogP contribution in [0.1, 0.15) is 37.8 Å². The van der Waals surface area contributed by atoms with Gasteiger partial charge >= 0.3 is 0 Å². The number of rotatable bonds is 6. The van der Waals surface area contributed by atoms with Crippen molar-refractivity contribution in [1.29, 1.82) is 0 Å². The average molecular weight is 721 g/mol. The van der Waals surface area contributed by atoms with Crippen LogP contribution in [-0.4, -0.2) is 4.57 Å². The molecule has 268 valence electrons. The number of aromatic nitrogens is 1. The summed E-state index contributed by atoms with van der Waals surface area (Å²) >= 11 is 0. The summed E-state index contributed by atoms with van der Waals surface area (Å²) in [6, 6.07) is 61.5. The number of hydrogen-bond acceptors (Lipinski definition) is 2. The maximum atomic E-state index is 6.25. The summed E-state index contributed by atoms with van der Waals surface area (Å²) in [5, 5.41) is 3.62. The first-order chi connectivity index (χ1) is 27.5. The molecule has 3 nitrogen and oxygen atoms in total. The minimum atomic E-state index is -0.0195. The third-order valence-corrected chi connectivity index (χ3v) is 12.1. The Kier molecular flexibility index (Phi) is 7.34. The van der Waals surface area contributed by atoms with Crippen LogP contribution >= 0.6 is 0 Å². The summed E-state index contributed by atoms with van der Waals surface area (Å²) in [7, 11) is 0. The van der Waals surface area contributed by atoms with Crippen LogP contribution in [0.25, 0.3) is 66.5 Å². The molecule has 2 aliphatic rings. The van der Waals surface area contributed by atoms with Crippen LogP contribution in [0.3, 0.4) is 0 Å². The second kappa shape index (κ2) is 12.6. The Balaban J connectivity index is 1.00. The molecule has 0 radical (unpaired) electrons. The lowest BCUT2D eigenvalue weighted by molar-refractivity contribution is 0.607. The zero-order valence-electron chi connectivity index (χ0n) is 31.5. The molecule has 7 aromatic carbocycles. The molecule has 0 amide bonds. The maximum absolute atomic E-state index is 6.25. The van der Waals surface area contributed by atoms with E-state index in [9.17, 15) is 0 Å². The second-order valence-electron chi connectivity index (χ2n) is 15.7. The van der Waals surface area contributed by atoms with Crippen molar-refractivity contribution in [2.24, 2.45) is 0 Å². The highest BCUT2D eigenvalue weighted by molar-refractivity contribution is 6.10. The minimum absolute atomic E-state index is 0.0195. The summed E-state index contributed by atoms with van der Waals surface area (Å²) in [5.41, 5.74) is 17.0. The molecule has 0 atom stereocenters. The summed E-state index contributed by atoms with van der Waals surface area (Å²) < 4.78 is 8.62. The standard InChI is InChI=1S/C53H40N2O/c1-53(2)47-17-9-7-15-43(47)44-30-29-42(34-48(44)53)54(41-27-22-36(23-28-41)52-33-38-12-6-11-19-51(38)56-52)40-25-20-35(21-26-40)37-24-31-50-46(32-37)45-16-8-10-18-49(45)55(50)39-13-4-3-5-14-39/h3-8,10-16,18-34H,9,17H2,1-2H3. The van der Waals surface area contributed by atoms with E-state index in [0.717, 1.165) is 52.2 Å². The molecule has 0 bridgehead atoms. The molecule has 0 aliphatic heterocycles. The van der Waals surface area contributed by atoms with E-state index in [1.165, 1.54) is 55.3 Å². The van der Waals surface area contributed by atoms with Gasteiger partial charge in [-0.05, 0) is 132 Å². The van der Waals surface area contributed by atoms with E-state index in [1.807, 2.05) is 12.1 Å². The molecule has 0 unspecified atom stereocenters. The van der Waals surface area contributed by atoms with E-state index < -0.39 is 0 Å². The monoisotopic (exact) mass is 720 g/mol. The first-order valence-electron chi connectivity index (χ1n) is 19.6. The third-order valence-electron chi connectivity index (χ3n) is 12.1. The number of hydrogen-bond donors (Lipinski definition) is 0. The average Bonchev–Trinajstić information content (AvgIpc) is 3.90. The predicted octanol–water partition coefficient (Wildman–Crippen LogP) is 14.7. The molecule has 56 heavy (non-hydrogen) atoms. The lowest BCUT2D eigenvalue weighted by Gasteiger charge is -2.29. The van der Waals surface area contributed by atoms with E-state index in [2.05, 4.69) is 193 Å². The SMILES string of the molecule is CC1(C)C2=C(C=CCC2)c2ccc(N(c3ccc(-c4ccc5c(c4)c4ccccc4n5-c4ccccc4)cc3)c3ccc(-c4cc5ccccc5o4)cc3)cc21. The van der Waals surface area contributed by atoms with Crippen molar-refractivity contribution in [3.63, 3.8) is 0 Å². The lowest BCUT2D eigenvalue weighted by atomic mass is 9.78.